The second-order valence-electron chi connectivity index (χ2n) is 34.1. The van der Waals surface area contributed by atoms with Crippen LogP contribution in [0.5, 0.6) is 0 Å². The molecule has 0 unspecified atom stereocenters. The Morgan fingerprint density at radius 3 is 0.854 bits per heavy atom. The Labute approximate surface area is 786 Å². The topological polar surface area (TPSA) is 155 Å². The molecule has 0 bridgehead atoms. The van der Waals surface area contributed by atoms with Gasteiger partial charge in [-0.05, 0) is 161 Å². The number of hydrogen-bond donors (Lipinski definition) is 0. The lowest BCUT2D eigenvalue weighted by Crippen LogP contribution is -2.00. The molecule has 0 saturated heterocycles. The summed E-state index contributed by atoms with van der Waals surface area (Å²) in [6, 6.07) is 161. The molecule has 137 heavy (non-hydrogen) atoms. The molecule has 0 aliphatic heterocycles. The third kappa shape index (κ3) is 15.2. The standard InChI is InChI=1S/C47H29N3O.C41H25N3O.C37H23N3O/c1-3-10-30(11-4-1)31-18-20-33(21-19-31)46-48-45(32-12-5-2-6-13-32)49-47(50-46)37-24-25-39-34(29-37)14-9-16-38(39)35-22-26-40-36(28-35)23-27-42-41-15-7-8-17-43(41)51-44(40)42;1-3-11-26(12-4-1)39-42-40(27-13-5-2-6-14-27)44-41(43-39)36-24-23-30(32-15-7-8-16-33(32)36)28-19-21-31-29(25-28)20-22-35-34-17-9-10-18-37(34)45-38(31)35;1-3-11-25(12-4-1)35-38-36(26-13-5-2-6-14-26)40-37(39-35)28-17-9-16-27(23-28)29-19-10-15-24-21-22-31-30-18-7-8-20-32(30)41-34(31)33(24)29/h1-29H;1-25H;1-23H. The van der Waals surface area contributed by atoms with Gasteiger partial charge in [0.2, 0.25) is 0 Å². The predicted octanol–water partition coefficient (Wildman–Crippen LogP) is 32.8. The Morgan fingerprint density at radius 1 is 0.124 bits per heavy atom. The van der Waals surface area contributed by atoms with Gasteiger partial charge < -0.3 is 13.3 Å². The molecule has 0 amide bonds. The van der Waals surface area contributed by atoms with E-state index in [1.807, 2.05) is 194 Å². The number of aromatic nitrogens is 9. The normalized spacial score (nSPS) is 11.5. The SMILES string of the molecule is c1ccc(-c2ccc(-c3nc(-c4ccccc4)nc(-c4ccc5c(-c6ccc7c(ccc8c9ccccc9oc78)c6)cccc5c4)n3)cc2)cc1.c1ccc(-c2nc(-c3ccccc3)nc(-c3ccc(-c4ccc5c(ccc6c7ccccc7oc56)c4)c4ccccc34)n2)cc1.c1ccc(-c2nc(-c3ccccc3)nc(-c3cccc(-c4cccc5ccc6c7ccccc7oc6c45)c3)n2)cc1. The number of furan rings is 3. The summed E-state index contributed by atoms with van der Waals surface area (Å²) in [5.74, 6) is 5.80. The molecule has 0 spiro atoms. The van der Waals surface area contributed by atoms with E-state index in [9.17, 15) is 0 Å². The fraction of sp³-hybridized carbons (Fsp3) is 0. The fourth-order valence-electron chi connectivity index (χ4n) is 19.1. The minimum Gasteiger partial charge on any atom is -0.455 e. The summed E-state index contributed by atoms with van der Waals surface area (Å²) in [7, 11) is 0. The molecule has 12 heteroatoms. The van der Waals surface area contributed by atoms with E-state index in [1.165, 1.54) is 16.5 Å². The van der Waals surface area contributed by atoms with Crippen molar-refractivity contribution in [3.8, 4) is 147 Å². The van der Waals surface area contributed by atoms with Crippen molar-refractivity contribution in [1.82, 2.24) is 44.9 Å². The quantitative estimate of drug-likeness (QED) is 0.108. The van der Waals surface area contributed by atoms with Gasteiger partial charge in [-0.15, -0.1) is 0 Å². The van der Waals surface area contributed by atoms with Crippen LogP contribution < -0.4 is 0 Å². The third-order valence-corrected chi connectivity index (χ3v) is 25.8. The van der Waals surface area contributed by atoms with Crippen LogP contribution in [0.4, 0.5) is 0 Å². The molecule has 27 aromatic rings. The molecular weight excluding hydrogens is 1680 g/mol. The molecule has 6 aromatic heterocycles. The van der Waals surface area contributed by atoms with Gasteiger partial charge in [0.25, 0.3) is 0 Å². The monoisotopic (exact) mass is 1750 g/mol. The van der Waals surface area contributed by atoms with Crippen molar-refractivity contribution in [3.63, 3.8) is 0 Å². The lowest BCUT2D eigenvalue weighted by atomic mass is 9.93. The Hall–Kier alpha value is -18.7. The van der Waals surface area contributed by atoms with Crippen LogP contribution in [0.2, 0.25) is 0 Å². The van der Waals surface area contributed by atoms with Crippen molar-refractivity contribution >= 4 is 120 Å². The average molecular weight is 1750 g/mol. The highest BCUT2D eigenvalue weighted by atomic mass is 16.3. The Balaban J connectivity index is 0.000000110. The van der Waals surface area contributed by atoms with Crippen LogP contribution >= 0.6 is 0 Å². The van der Waals surface area contributed by atoms with E-state index in [0.717, 1.165) is 198 Å². The van der Waals surface area contributed by atoms with E-state index in [2.05, 4.69) is 273 Å². The number of nitrogens with zero attached hydrogens (tertiary/aromatic N) is 9. The largest absolute Gasteiger partial charge is 0.455 e. The van der Waals surface area contributed by atoms with Gasteiger partial charge in [-0.2, -0.15) is 0 Å². The molecule has 640 valence electrons. The summed E-state index contributed by atoms with van der Waals surface area (Å²) in [4.78, 5) is 44.6. The Kier molecular flexibility index (Phi) is 20.3. The first-order valence-corrected chi connectivity index (χ1v) is 45.8. The number of fused-ring (bicyclic) bond motifs is 17. The van der Waals surface area contributed by atoms with E-state index in [1.54, 1.807) is 0 Å². The van der Waals surface area contributed by atoms with Crippen LogP contribution in [0.1, 0.15) is 0 Å². The van der Waals surface area contributed by atoms with Crippen LogP contribution in [0.15, 0.2) is 480 Å². The van der Waals surface area contributed by atoms with Gasteiger partial charge in [0.15, 0.2) is 52.4 Å². The maximum Gasteiger partial charge on any atom is 0.164 e. The first kappa shape index (κ1) is 80.4. The Morgan fingerprint density at radius 2 is 0.387 bits per heavy atom. The highest BCUT2D eigenvalue weighted by molar-refractivity contribution is 6.20. The lowest BCUT2D eigenvalue weighted by Gasteiger charge is -2.13. The van der Waals surface area contributed by atoms with Crippen molar-refractivity contribution in [2.24, 2.45) is 0 Å². The zero-order valence-corrected chi connectivity index (χ0v) is 73.7. The highest BCUT2D eigenvalue weighted by Gasteiger charge is 2.23. The summed E-state index contributed by atoms with van der Waals surface area (Å²) in [5, 5.41) is 18.1. The molecule has 0 radical (unpaired) electrons. The van der Waals surface area contributed by atoms with E-state index in [4.69, 9.17) is 58.1 Å². The van der Waals surface area contributed by atoms with Gasteiger partial charge in [0.05, 0.1) is 0 Å². The molecule has 0 fully saturated rings. The molecule has 0 N–H and O–H groups in total. The summed E-state index contributed by atoms with van der Waals surface area (Å²) < 4.78 is 19.1. The molecule has 12 nitrogen and oxygen atoms in total. The summed E-state index contributed by atoms with van der Waals surface area (Å²) >= 11 is 0. The average Bonchev–Trinajstić information content (AvgIpc) is 1.64. The lowest BCUT2D eigenvalue weighted by molar-refractivity contribution is 0.672. The molecular formula is C125H77N9O3. The van der Waals surface area contributed by atoms with Gasteiger partial charge in [0, 0.05) is 98.5 Å². The molecule has 0 saturated carbocycles. The number of para-hydroxylation sites is 3. The minimum absolute atomic E-state index is 0.633. The van der Waals surface area contributed by atoms with Crippen molar-refractivity contribution in [1.29, 1.82) is 0 Å². The maximum absolute atomic E-state index is 6.44. The van der Waals surface area contributed by atoms with E-state index < -0.39 is 0 Å². The highest BCUT2D eigenvalue weighted by Crippen LogP contribution is 2.45. The van der Waals surface area contributed by atoms with Crippen LogP contribution in [0.25, 0.3) is 267 Å². The van der Waals surface area contributed by atoms with Crippen LogP contribution in [-0.4, -0.2) is 44.9 Å². The summed E-state index contributed by atoms with van der Waals surface area (Å²) in [6.07, 6.45) is 0. The smallest absolute Gasteiger partial charge is 0.164 e. The van der Waals surface area contributed by atoms with Gasteiger partial charge in [-0.3, -0.25) is 0 Å². The van der Waals surface area contributed by atoms with Crippen molar-refractivity contribution in [2.45, 2.75) is 0 Å². The van der Waals surface area contributed by atoms with Gasteiger partial charge >= 0.3 is 0 Å². The van der Waals surface area contributed by atoms with Crippen molar-refractivity contribution < 1.29 is 13.3 Å². The van der Waals surface area contributed by atoms with E-state index in [-0.39, 0.29) is 0 Å². The maximum atomic E-state index is 6.44. The second kappa shape index (κ2) is 34.6. The van der Waals surface area contributed by atoms with Crippen molar-refractivity contribution in [2.75, 3.05) is 0 Å². The predicted molar refractivity (Wildman–Crippen MR) is 560 cm³/mol. The zero-order valence-electron chi connectivity index (χ0n) is 73.7. The third-order valence-electron chi connectivity index (χ3n) is 25.8. The fourth-order valence-corrected chi connectivity index (χ4v) is 19.1. The van der Waals surface area contributed by atoms with Crippen LogP contribution in [-0.2, 0) is 0 Å². The zero-order chi connectivity index (χ0) is 90.6. The van der Waals surface area contributed by atoms with Gasteiger partial charge in [-0.25, -0.2) is 44.9 Å². The summed E-state index contributed by atoms with van der Waals surface area (Å²) in [5.41, 5.74) is 23.1. The number of hydrogen-bond acceptors (Lipinski definition) is 12. The molecule has 0 aliphatic rings. The number of rotatable bonds is 13. The molecule has 6 heterocycles. The van der Waals surface area contributed by atoms with E-state index >= 15 is 0 Å². The first-order valence-electron chi connectivity index (χ1n) is 45.8. The second-order valence-corrected chi connectivity index (χ2v) is 34.1. The molecule has 0 aliphatic carbocycles. The van der Waals surface area contributed by atoms with Crippen LogP contribution in [0.3, 0.4) is 0 Å². The first-order chi connectivity index (χ1) is 67.9. The minimum atomic E-state index is 0.633. The Bertz CT molecular complexity index is 9230. The van der Waals surface area contributed by atoms with Gasteiger partial charge in [-0.1, -0.05) is 388 Å². The molecule has 0 atom stereocenters. The van der Waals surface area contributed by atoms with Crippen LogP contribution in [0, 0.1) is 0 Å². The summed E-state index contributed by atoms with van der Waals surface area (Å²) in [6.45, 7) is 0. The molecule has 27 rings (SSSR count). The van der Waals surface area contributed by atoms with E-state index in [0.29, 0.717) is 52.4 Å². The van der Waals surface area contributed by atoms with Crippen molar-refractivity contribution in [3.05, 3.63) is 467 Å². The van der Waals surface area contributed by atoms with Gasteiger partial charge in [0.1, 0.15) is 33.5 Å². The number of benzene rings is 21. The molecule has 21 aromatic carbocycles.